The van der Waals surface area contributed by atoms with E-state index in [1.165, 1.54) is 12.1 Å². The van der Waals surface area contributed by atoms with Gasteiger partial charge in [0.25, 0.3) is 11.6 Å². The summed E-state index contributed by atoms with van der Waals surface area (Å²) in [7, 11) is 0. The number of nitro groups is 1. The molecule has 104 valence electrons. The molecular weight excluding hydrogens is 260 g/mol. The van der Waals surface area contributed by atoms with E-state index >= 15 is 0 Å². The third-order valence-corrected chi connectivity index (χ3v) is 2.59. The molecule has 1 N–H and O–H groups in total. The first-order chi connectivity index (χ1) is 9.47. The van der Waals surface area contributed by atoms with Crippen molar-refractivity contribution < 1.29 is 14.1 Å². The maximum Gasteiger partial charge on any atom is 0.287 e. The smallest absolute Gasteiger partial charge is 0.287 e. The molecule has 0 spiro atoms. The van der Waals surface area contributed by atoms with Crippen LogP contribution in [-0.2, 0) is 0 Å². The minimum Gasteiger partial charge on any atom is -0.451 e. The number of hydrogen-bond acceptors (Lipinski definition) is 4. The Labute approximate surface area is 115 Å². The highest BCUT2D eigenvalue weighted by Gasteiger charge is 2.14. The van der Waals surface area contributed by atoms with Crippen molar-refractivity contribution in [3.05, 3.63) is 52.3 Å². The van der Waals surface area contributed by atoms with Gasteiger partial charge in [0.1, 0.15) is 5.76 Å². The zero-order chi connectivity index (χ0) is 14.7. The number of carbonyl (C=O) groups excluding carboxylic acids is 1. The second kappa shape index (κ2) is 5.56. The average molecular weight is 274 g/mol. The van der Waals surface area contributed by atoms with Crippen LogP contribution in [0, 0.1) is 10.1 Å². The number of furan rings is 1. The average Bonchev–Trinajstić information content (AvgIpc) is 2.87. The molecule has 0 aliphatic carbocycles. The second-order valence-corrected chi connectivity index (χ2v) is 4.60. The van der Waals surface area contributed by atoms with Gasteiger partial charge in [0, 0.05) is 23.7 Å². The van der Waals surface area contributed by atoms with Gasteiger partial charge in [-0.3, -0.25) is 14.9 Å². The van der Waals surface area contributed by atoms with Crippen LogP contribution in [0.3, 0.4) is 0 Å². The summed E-state index contributed by atoms with van der Waals surface area (Å²) in [4.78, 5) is 22.0. The number of hydrogen-bond donors (Lipinski definition) is 1. The van der Waals surface area contributed by atoms with Crippen molar-refractivity contribution in [3.8, 4) is 11.3 Å². The van der Waals surface area contributed by atoms with Crippen LogP contribution in [0.25, 0.3) is 11.3 Å². The molecule has 1 heterocycles. The number of nitrogens with one attached hydrogen (secondary N) is 1. The van der Waals surface area contributed by atoms with Crippen LogP contribution in [0.15, 0.2) is 40.8 Å². The molecule has 0 unspecified atom stereocenters. The van der Waals surface area contributed by atoms with Gasteiger partial charge in [0.2, 0.25) is 0 Å². The first kappa shape index (κ1) is 13.8. The van der Waals surface area contributed by atoms with Crippen molar-refractivity contribution in [1.82, 2.24) is 5.32 Å². The Balaban J connectivity index is 2.26. The Hall–Kier alpha value is -2.63. The highest BCUT2D eigenvalue weighted by molar-refractivity contribution is 5.92. The quantitative estimate of drug-likeness (QED) is 0.686. The number of nitrogens with zero attached hydrogens (tertiary/aromatic N) is 1. The fourth-order valence-electron chi connectivity index (χ4n) is 1.72. The number of rotatable bonds is 4. The topological polar surface area (TPSA) is 85.4 Å². The SMILES string of the molecule is CC(C)NC(=O)c1ccc(-c2cccc([N+](=O)[O-])c2)o1. The summed E-state index contributed by atoms with van der Waals surface area (Å²) in [5.41, 5.74) is 0.537. The zero-order valence-electron chi connectivity index (χ0n) is 11.1. The molecule has 6 nitrogen and oxygen atoms in total. The predicted octanol–water partition coefficient (Wildman–Crippen LogP) is 2.99. The van der Waals surface area contributed by atoms with E-state index in [4.69, 9.17) is 4.42 Å². The number of benzene rings is 1. The molecule has 20 heavy (non-hydrogen) atoms. The molecular formula is C14H14N2O4. The highest BCUT2D eigenvalue weighted by atomic mass is 16.6. The molecule has 0 aliphatic rings. The van der Waals surface area contributed by atoms with E-state index in [1.54, 1.807) is 24.3 Å². The van der Waals surface area contributed by atoms with Crippen molar-refractivity contribution in [2.24, 2.45) is 0 Å². The molecule has 0 saturated heterocycles. The van der Waals surface area contributed by atoms with Crippen LogP contribution in [0.4, 0.5) is 5.69 Å². The standard InChI is InChI=1S/C14H14N2O4/c1-9(2)15-14(17)13-7-6-12(20-13)10-4-3-5-11(8-10)16(18)19/h3-9H,1-2H3,(H,15,17). The summed E-state index contributed by atoms with van der Waals surface area (Å²) in [6.07, 6.45) is 0. The van der Waals surface area contributed by atoms with Crippen LogP contribution in [0.2, 0.25) is 0 Å². The van der Waals surface area contributed by atoms with Crippen LogP contribution in [0.1, 0.15) is 24.4 Å². The van der Waals surface area contributed by atoms with Gasteiger partial charge < -0.3 is 9.73 Å². The third kappa shape index (κ3) is 3.03. The molecule has 1 aromatic heterocycles. The molecule has 0 bridgehead atoms. The lowest BCUT2D eigenvalue weighted by Crippen LogP contribution is -2.29. The normalized spacial score (nSPS) is 10.6. The van der Waals surface area contributed by atoms with Crippen LogP contribution in [-0.4, -0.2) is 16.9 Å². The van der Waals surface area contributed by atoms with Crippen molar-refractivity contribution in [3.63, 3.8) is 0 Å². The second-order valence-electron chi connectivity index (χ2n) is 4.60. The van der Waals surface area contributed by atoms with Gasteiger partial charge >= 0.3 is 0 Å². The molecule has 0 atom stereocenters. The Morgan fingerprint density at radius 2 is 2.05 bits per heavy atom. The predicted molar refractivity (Wildman–Crippen MR) is 73.4 cm³/mol. The molecule has 2 rings (SSSR count). The van der Waals surface area contributed by atoms with Crippen LogP contribution >= 0.6 is 0 Å². The number of amides is 1. The summed E-state index contributed by atoms with van der Waals surface area (Å²) in [6, 6.07) is 9.25. The number of carbonyl (C=O) groups is 1. The molecule has 0 aliphatic heterocycles. The van der Waals surface area contributed by atoms with E-state index in [0.29, 0.717) is 11.3 Å². The maximum absolute atomic E-state index is 11.8. The van der Waals surface area contributed by atoms with E-state index in [2.05, 4.69) is 5.32 Å². The van der Waals surface area contributed by atoms with E-state index < -0.39 is 4.92 Å². The van der Waals surface area contributed by atoms with Crippen molar-refractivity contribution >= 4 is 11.6 Å². The fourth-order valence-corrected chi connectivity index (χ4v) is 1.72. The number of non-ortho nitro benzene ring substituents is 1. The largest absolute Gasteiger partial charge is 0.451 e. The van der Waals surface area contributed by atoms with Crippen molar-refractivity contribution in [1.29, 1.82) is 0 Å². The third-order valence-electron chi connectivity index (χ3n) is 2.59. The highest BCUT2D eigenvalue weighted by Crippen LogP contribution is 2.25. The maximum atomic E-state index is 11.8. The minimum absolute atomic E-state index is 0.00821. The molecule has 0 saturated carbocycles. The number of nitro benzene ring substituents is 1. The summed E-state index contributed by atoms with van der Waals surface area (Å²) in [5.74, 6) is 0.291. The Kier molecular flexibility index (Phi) is 3.84. The monoisotopic (exact) mass is 274 g/mol. The molecule has 2 aromatic rings. The van der Waals surface area contributed by atoms with Gasteiger partial charge in [0.05, 0.1) is 4.92 Å². The lowest BCUT2D eigenvalue weighted by Gasteiger charge is -2.05. The summed E-state index contributed by atoms with van der Waals surface area (Å²) < 4.78 is 5.43. The van der Waals surface area contributed by atoms with E-state index in [1.807, 2.05) is 13.8 Å². The molecule has 0 radical (unpaired) electrons. The van der Waals surface area contributed by atoms with Crippen LogP contribution in [0.5, 0.6) is 0 Å². The van der Waals surface area contributed by atoms with Gasteiger partial charge in [-0.1, -0.05) is 12.1 Å². The molecule has 1 amide bonds. The lowest BCUT2D eigenvalue weighted by molar-refractivity contribution is -0.384. The Morgan fingerprint density at radius 1 is 1.30 bits per heavy atom. The van der Waals surface area contributed by atoms with Gasteiger partial charge in [-0.2, -0.15) is 0 Å². The van der Waals surface area contributed by atoms with Crippen molar-refractivity contribution in [2.75, 3.05) is 0 Å². The molecule has 6 heteroatoms. The van der Waals surface area contributed by atoms with E-state index in [9.17, 15) is 14.9 Å². The van der Waals surface area contributed by atoms with Gasteiger partial charge in [0.15, 0.2) is 5.76 Å². The fraction of sp³-hybridized carbons (Fsp3) is 0.214. The molecule has 1 aromatic carbocycles. The minimum atomic E-state index is -0.473. The van der Waals surface area contributed by atoms with E-state index in [0.717, 1.165) is 0 Å². The Bertz CT molecular complexity index is 646. The zero-order valence-corrected chi connectivity index (χ0v) is 11.1. The van der Waals surface area contributed by atoms with Crippen LogP contribution < -0.4 is 5.32 Å². The van der Waals surface area contributed by atoms with Gasteiger partial charge in [-0.15, -0.1) is 0 Å². The first-order valence-electron chi connectivity index (χ1n) is 6.13. The molecule has 0 fully saturated rings. The lowest BCUT2D eigenvalue weighted by atomic mass is 10.1. The van der Waals surface area contributed by atoms with Crippen molar-refractivity contribution in [2.45, 2.75) is 19.9 Å². The summed E-state index contributed by atoms with van der Waals surface area (Å²) in [6.45, 7) is 3.70. The Morgan fingerprint density at radius 3 is 2.70 bits per heavy atom. The van der Waals surface area contributed by atoms with Gasteiger partial charge in [-0.25, -0.2) is 0 Å². The summed E-state index contributed by atoms with van der Waals surface area (Å²) >= 11 is 0. The van der Waals surface area contributed by atoms with E-state index in [-0.39, 0.29) is 23.4 Å². The summed E-state index contributed by atoms with van der Waals surface area (Å²) in [5, 5.41) is 13.4. The van der Waals surface area contributed by atoms with Gasteiger partial charge in [-0.05, 0) is 26.0 Å². The first-order valence-corrected chi connectivity index (χ1v) is 6.13.